The van der Waals surface area contributed by atoms with Crippen LogP contribution in [0.25, 0.3) is 0 Å². The number of hydrogen-bond donors (Lipinski definition) is 1. The molecule has 1 saturated carbocycles. The van der Waals surface area contributed by atoms with Crippen molar-refractivity contribution < 1.29 is 14.3 Å². The van der Waals surface area contributed by atoms with Gasteiger partial charge < -0.3 is 19.7 Å². The van der Waals surface area contributed by atoms with Crippen molar-refractivity contribution in [1.29, 1.82) is 0 Å². The highest BCUT2D eigenvalue weighted by Gasteiger charge is 2.30. The van der Waals surface area contributed by atoms with E-state index in [2.05, 4.69) is 5.32 Å². The molecule has 0 spiro atoms. The molecule has 3 rings (SSSR count). The molecule has 1 N–H and O–H groups in total. The number of hydrogen-bond acceptors (Lipinski definition) is 4. The van der Waals surface area contributed by atoms with E-state index in [9.17, 15) is 4.79 Å². The summed E-state index contributed by atoms with van der Waals surface area (Å²) in [6.07, 6.45) is 7.88. The summed E-state index contributed by atoms with van der Waals surface area (Å²) in [5, 5.41) is 3.24. The Hall–Kier alpha value is -0.650. The fraction of sp³-hybridized carbons (Fsp3) is 0.933. The minimum atomic E-state index is -0.143. The summed E-state index contributed by atoms with van der Waals surface area (Å²) in [5.74, 6) is 0.198. The van der Waals surface area contributed by atoms with E-state index in [-0.39, 0.29) is 11.9 Å². The van der Waals surface area contributed by atoms with Crippen molar-refractivity contribution in [2.75, 3.05) is 32.8 Å². The lowest BCUT2D eigenvalue weighted by molar-refractivity contribution is -0.139. The number of ether oxygens (including phenoxy) is 2. The monoisotopic (exact) mass is 282 g/mol. The van der Waals surface area contributed by atoms with E-state index in [1.54, 1.807) is 0 Å². The van der Waals surface area contributed by atoms with Gasteiger partial charge in [0.2, 0.25) is 5.91 Å². The van der Waals surface area contributed by atoms with Crippen LogP contribution in [0.4, 0.5) is 0 Å². The van der Waals surface area contributed by atoms with Gasteiger partial charge in [0, 0.05) is 19.6 Å². The molecule has 0 aromatic rings. The van der Waals surface area contributed by atoms with Crippen molar-refractivity contribution >= 4 is 5.91 Å². The number of likely N-dealkylation sites (tertiary alicyclic amines) is 1. The molecule has 2 aliphatic heterocycles. The Labute approximate surface area is 121 Å². The molecular weight excluding hydrogens is 256 g/mol. The Morgan fingerprint density at radius 3 is 2.45 bits per heavy atom. The largest absolute Gasteiger partial charge is 0.378 e. The lowest BCUT2D eigenvalue weighted by Gasteiger charge is -2.36. The van der Waals surface area contributed by atoms with E-state index in [4.69, 9.17) is 9.47 Å². The standard InChI is InChI=1S/C15H26N2O3/c18-15(14-11-19-10-7-16-14)17-8-5-13(6-9-17)20-12-3-1-2-4-12/h12-14,16H,1-11H2. The molecule has 3 fully saturated rings. The fourth-order valence-electron chi connectivity index (χ4n) is 3.45. The van der Waals surface area contributed by atoms with Crippen LogP contribution in [0.3, 0.4) is 0 Å². The summed E-state index contributed by atoms with van der Waals surface area (Å²) >= 11 is 0. The summed E-state index contributed by atoms with van der Waals surface area (Å²) in [7, 11) is 0. The molecule has 1 amide bonds. The van der Waals surface area contributed by atoms with Crippen molar-refractivity contribution in [2.45, 2.75) is 56.8 Å². The third kappa shape index (κ3) is 3.51. The third-order valence-electron chi connectivity index (χ3n) is 4.66. The van der Waals surface area contributed by atoms with Gasteiger partial charge in [-0.05, 0) is 25.7 Å². The number of piperidine rings is 1. The highest BCUT2D eigenvalue weighted by Crippen LogP contribution is 2.25. The number of nitrogens with zero attached hydrogens (tertiary/aromatic N) is 1. The highest BCUT2D eigenvalue weighted by atomic mass is 16.5. The first-order valence-electron chi connectivity index (χ1n) is 8.08. The maximum absolute atomic E-state index is 12.3. The van der Waals surface area contributed by atoms with E-state index < -0.39 is 0 Å². The summed E-state index contributed by atoms with van der Waals surface area (Å²) in [5.41, 5.74) is 0. The molecule has 0 aromatic heterocycles. The van der Waals surface area contributed by atoms with Crippen LogP contribution in [-0.4, -0.2) is 61.9 Å². The molecule has 2 heterocycles. The molecule has 2 saturated heterocycles. The van der Waals surface area contributed by atoms with Crippen LogP contribution < -0.4 is 5.32 Å². The molecule has 114 valence electrons. The third-order valence-corrected chi connectivity index (χ3v) is 4.66. The summed E-state index contributed by atoms with van der Waals surface area (Å²) in [6, 6.07) is -0.143. The molecular formula is C15H26N2O3. The zero-order valence-electron chi connectivity index (χ0n) is 12.2. The van der Waals surface area contributed by atoms with Crippen LogP contribution in [0.2, 0.25) is 0 Å². The molecule has 0 radical (unpaired) electrons. The molecule has 1 aliphatic carbocycles. The Balaban J connectivity index is 1.41. The second kappa shape index (κ2) is 6.87. The van der Waals surface area contributed by atoms with Gasteiger partial charge in [-0.3, -0.25) is 4.79 Å². The maximum atomic E-state index is 12.3. The second-order valence-electron chi connectivity index (χ2n) is 6.15. The van der Waals surface area contributed by atoms with Crippen molar-refractivity contribution in [3.63, 3.8) is 0 Å². The Morgan fingerprint density at radius 1 is 1.10 bits per heavy atom. The Kier molecular flexibility index (Phi) is 4.91. The van der Waals surface area contributed by atoms with Gasteiger partial charge in [0.15, 0.2) is 0 Å². The van der Waals surface area contributed by atoms with E-state index in [1.807, 2.05) is 4.90 Å². The van der Waals surface area contributed by atoms with Gasteiger partial charge >= 0.3 is 0 Å². The topological polar surface area (TPSA) is 50.8 Å². The lowest BCUT2D eigenvalue weighted by atomic mass is 10.1. The van der Waals surface area contributed by atoms with Gasteiger partial charge in [-0.2, -0.15) is 0 Å². The van der Waals surface area contributed by atoms with Gasteiger partial charge in [-0.25, -0.2) is 0 Å². The molecule has 0 bridgehead atoms. The zero-order chi connectivity index (χ0) is 13.8. The summed E-state index contributed by atoms with van der Waals surface area (Å²) in [4.78, 5) is 14.3. The van der Waals surface area contributed by atoms with Crippen LogP contribution in [0.5, 0.6) is 0 Å². The Bertz CT molecular complexity index is 317. The predicted molar refractivity (Wildman–Crippen MR) is 75.6 cm³/mol. The van der Waals surface area contributed by atoms with Crippen molar-refractivity contribution in [1.82, 2.24) is 10.2 Å². The minimum Gasteiger partial charge on any atom is -0.378 e. The van der Waals surface area contributed by atoms with Crippen LogP contribution in [-0.2, 0) is 14.3 Å². The molecule has 5 nitrogen and oxygen atoms in total. The fourth-order valence-corrected chi connectivity index (χ4v) is 3.45. The van der Waals surface area contributed by atoms with Crippen LogP contribution in [0.1, 0.15) is 38.5 Å². The summed E-state index contributed by atoms with van der Waals surface area (Å²) in [6.45, 7) is 3.65. The Morgan fingerprint density at radius 2 is 1.80 bits per heavy atom. The molecule has 1 atom stereocenters. The number of carbonyl (C=O) groups excluding carboxylic acids is 1. The lowest BCUT2D eigenvalue weighted by Crippen LogP contribution is -2.54. The summed E-state index contributed by atoms with van der Waals surface area (Å²) < 4.78 is 11.5. The van der Waals surface area contributed by atoms with Crippen LogP contribution in [0.15, 0.2) is 0 Å². The number of carbonyl (C=O) groups is 1. The SMILES string of the molecule is O=C(C1COCCN1)N1CCC(OC2CCCC2)CC1. The first-order valence-corrected chi connectivity index (χ1v) is 8.08. The first kappa shape index (κ1) is 14.3. The maximum Gasteiger partial charge on any atom is 0.242 e. The van der Waals surface area contributed by atoms with Crippen LogP contribution >= 0.6 is 0 Å². The number of nitrogens with one attached hydrogen (secondary N) is 1. The minimum absolute atomic E-state index is 0.143. The van der Waals surface area contributed by atoms with Gasteiger partial charge in [-0.15, -0.1) is 0 Å². The molecule has 1 unspecified atom stereocenters. The number of amides is 1. The van der Waals surface area contributed by atoms with E-state index in [0.29, 0.717) is 25.4 Å². The molecule has 0 aromatic carbocycles. The number of morpholine rings is 1. The van der Waals surface area contributed by atoms with Crippen LogP contribution in [0, 0.1) is 0 Å². The number of rotatable bonds is 3. The molecule has 5 heteroatoms. The van der Waals surface area contributed by atoms with E-state index in [0.717, 1.165) is 32.5 Å². The van der Waals surface area contributed by atoms with Crippen molar-refractivity contribution in [3.05, 3.63) is 0 Å². The smallest absolute Gasteiger partial charge is 0.242 e. The van der Waals surface area contributed by atoms with Crippen molar-refractivity contribution in [2.24, 2.45) is 0 Å². The average molecular weight is 282 g/mol. The van der Waals surface area contributed by atoms with Gasteiger partial charge in [0.05, 0.1) is 25.4 Å². The van der Waals surface area contributed by atoms with Crippen molar-refractivity contribution in [3.8, 4) is 0 Å². The normalized spacial score (nSPS) is 29.8. The van der Waals surface area contributed by atoms with E-state index in [1.165, 1.54) is 25.7 Å². The molecule has 20 heavy (non-hydrogen) atoms. The quantitative estimate of drug-likeness (QED) is 0.836. The molecule has 3 aliphatic rings. The second-order valence-corrected chi connectivity index (χ2v) is 6.15. The van der Waals surface area contributed by atoms with Gasteiger partial charge in [-0.1, -0.05) is 12.8 Å². The van der Waals surface area contributed by atoms with Gasteiger partial charge in [0.25, 0.3) is 0 Å². The van der Waals surface area contributed by atoms with Gasteiger partial charge in [0.1, 0.15) is 6.04 Å². The van der Waals surface area contributed by atoms with E-state index >= 15 is 0 Å². The first-order chi connectivity index (χ1) is 9.83. The highest BCUT2D eigenvalue weighted by molar-refractivity contribution is 5.82. The predicted octanol–water partition coefficient (Wildman–Crippen LogP) is 0.925. The average Bonchev–Trinajstić information content (AvgIpc) is 3.01. The zero-order valence-corrected chi connectivity index (χ0v) is 12.2.